The van der Waals surface area contributed by atoms with Crippen LogP contribution in [0.5, 0.6) is 5.75 Å². The fourth-order valence-electron chi connectivity index (χ4n) is 2.48. The fraction of sp³-hybridized carbons (Fsp3) is 0.0500. The predicted molar refractivity (Wildman–Crippen MR) is 96.5 cm³/mol. The van der Waals surface area contributed by atoms with Crippen molar-refractivity contribution in [1.29, 1.82) is 0 Å². The van der Waals surface area contributed by atoms with Crippen LogP contribution >= 0.6 is 15.9 Å². The first-order valence-electron chi connectivity index (χ1n) is 7.41. The maximum atomic E-state index is 10.5. The van der Waals surface area contributed by atoms with Gasteiger partial charge < -0.3 is 14.6 Å². The summed E-state index contributed by atoms with van der Waals surface area (Å²) in [5, 5.41) is 12.8. The van der Waals surface area contributed by atoms with Crippen molar-refractivity contribution in [2.24, 2.45) is 0 Å². The summed E-state index contributed by atoms with van der Waals surface area (Å²) >= 11 is 3.46. The maximum absolute atomic E-state index is 10.5. The van der Waals surface area contributed by atoms with Gasteiger partial charge in [0.15, 0.2) is 0 Å². The van der Waals surface area contributed by atoms with Crippen LogP contribution in [-0.2, 0) is 11.4 Å². The van der Waals surface area contributed by atoms with Gasteiger partial charge in [0.2, 0.25) is 0 Å². The third-order valence-corrected chi connectivity index (χ3v) is 4.25. The number of ether oxygens (including phenoxy) is 1. The second kappa shape index (κ2) is 7.32. The van der Waals surface area contributed by atoms with Crippen LogP contribution in [0.2, 0.25) is 0 Å². The SMILES string of the molecule is O=C([O-])/C=C/c1ccc(OCc2cccc3ccccc23)c(Br)c1. The molecule has 3 nitrogen and oxygen atoms in total. The topological polar surface area (TPSA) is 49.4 Å². The third kappa shape index (κ3) is 3.84. The van der Waals surface area contributed by atoms with Crippen LogP contribution in [0.4, 0.5) is 0 Å². The van der Waals surface area contributed by atoms with Gasteiger partial charge in [0.05, 0.1) is 10.4 Å². The van der Waals surface area contributed by atoms with Gasteiger partial charge in [0.25, 0.3) is 0 Å². The number of carbonyl (C=O) groups excluding carboxylic acids is 1. The zero-order chi connectivity index (χ0) is 16.9. The van der Waals surface area contributed by atoms with Crippen LogP contribution < -0.4 is 9.84 Å². The minimum absolute atomic E-state index is 0.453. The quantitative estimate of drug-likeness (QED) is 0.628. The minimum Gasteiger partial charge on any atom is -0.545 e. The molecule has 0 heterocycles. The lowest BCUT2D eigenvalue weighted by molar-refractivity contribution is -0.297. The Labute approximate surface area is 148 Å². The number of halogens is 1. The Morgan fingerprint density at radius 2 is 1.88 bits per heavy atom. The summed E-state index contributed by atoms with van der Waals surface area (Å²) in [4.78, 5) is 10.5. The van der Waals surface area contributed by atoms with E-state index in [9.17, 15) is 9.90 Å². The van der Waals surface area contributed by atoms with E-state index in [0.29, 0.717) is 12.4 Å². The number of carboxylic acids is 1. The van der Waals surface area contributed by atoms with Crippen molar-refractivity contribution in [3.63, 3.8) is 0 Å². The van der Waals surface area contributed by atoms with E-state index in [4.69, 9.17) is 4.74 Å². The average molecular weight is 382 g/mol. The molecule has 0 aliphatic rings. The Kier molecular flexibility index (Phi) is 4.96. The second-order valence-corrected chi connectivity index (χ2v) is 6.12. The largest absolute Gasteiger partial charge is 0.545 e. The molecule has 3 aromatic carbocycles. The van der Waals surface area contributed by atoms with E-state index in [2.05, 4.69) is 34.1 Å². The molecule has 4 heteroatoms. The molecule has 3 rings (SSSR count). The van der Waals surface area contributed by atoms with Crippen LogP contribution in [0, 0.1) is 0 Å². The standard InChI is InChI=1S/C20H15BrO3/c21-18-12-14(9-11-20(22)23)8-10-19(18)24-13-16-6-3-5-15-4-1-2-7-17(15)16/h1-12H,13H2,(H,22,23)/p-1/b11-9+. The molecule has 0 atom stereocenters. The van der Waals surface area contributed by atoms with Crippen molar-refractivity contribution in [1.82, 2.24) is 0 Å². The normalized spacial score (nSPS) is 11.0. The molecular formula is C20H14BrO3-. The van der Waals surface area contributed by atoms with Crippen molar-refractivity contribution in [3.8, 4) is 5.75 Å². The zero-order valence-electron chi connectivity index (χ0n) is 12.7. The van der Waals surface area contributed by atoms with E-state index in [1.54, 1.807) is 12.1 Å². The molecule has 0 spiro atoms. The lowest BCUT2D eigenvalue weighted by Crippen LogP contribution is -2.18. The van der Waals surface area contributed by atoms with Crippen LogP contribution in [0.3, 0.4) is 0 Å². The monoisotopic (exact) mass is 381 g/mol. The molecule has 0 saturated carbocycles. The first-order chi connectivity index (χ1) is 11.6. The van der Waals surface area contributed by atoms with Crippen LogP contribution in [0.15, 0.2) is 71.2 Å². The number of hydrogen-bond donors (Lipinski definition) is 0. The molecule has 0 aromatic heterocycles. The molecule has 3 aromatic rings. The van der Waals surface area contributed by atoms with Crippen molar-refractivity contribution in [2.45, 2.75) is 6.61 Å². The predicted octanol–water partition coefficient (Wildman–Crippen LogP) is 3.94. The van der Waals surface area contributed by atoms with Crippen LogP contribution in [-0.4, -0.2) is 5.97 Å². The first-order valence-corrected chi connectivity index (χ1v) is 8.21. The summed E-state index contributed by atoms with van der Waals surface area (Å²) in [6.45, 7) is 0.453. The number of fused-ring (bicyclic) bond motifs is 1. The highest BCUT2D eigenvalue weighted by molar-refractivity contribution is 9.10. The van der Waals surface area contributed by atoms with Crippen LogP contribution in [0.25, 0.3) is 16.8 Å². The minimum atomic E-state index is -1.22. The summed E-state index contributed by atoms with van der Waals surface area (Å²) in [5.74, 6) is -0.518. The molecule has 0 aliphatic carbocycles. The molecule has 0 saturated heterocycles. The van der Waals surface area contributed by atoms with Gasteiger partial charge in [-0.1, -0.05) is 54.6 Å². The van der Waals surface area contributed by atoms with E-state index in [0.717, 1.165) is 21.7 Å². The van der Waals surface area contributed by atoms with Gasteiger partial charge in [-0.05, 0) is 56.0 Å². The third-order valence-electron chi connectivity index (χ3n) is 3.63. The summed E-state index contributed by atoms with van der Waals surface area (Å²) < 4.78 is 6.68. The van der Waals surface area contributed by atoms with Gasteiger partial charge >= 0.3 is 0 Å². The Hall–Kier alpha value is -2.59. The molecule has 0 fully saturated rings. The Balaban J connectivity index is 1.78. The fourth-order valence-corrected chi connectivity index (χ4v) is 2.99. The Bertz CT molecular complexity index is 910. The number of aliphatic carboxylic acids is 1. The molecule has 24 heavy (non-hydrogen) atoms. The molecular weight excluding hydrogens is 368 g/mol. The van der Waals surface area contributed by atoms with Crippen molar-refractivity contribution < 1.29 is 14.6 Å². The van der Waals surface area contributed by atoms with Crippen molar-refractivity contribution in [3.05, 3.63) is 82.3 Å². The van der Waals surface area contributed by atoms with E-state index in [1.165, 1.54) is 16.8 Å². The number of carboxylic acid groups (broad SMARTS) is 1. The van der Waals surface area contributed by atoms with Gasteiger partial charge in [-0.2, -0.15) is 0 Å². The zero-order valence-corrected chi connectivity index (χ0v) is 14.3. The van der Waals surface area contributed by atoms with E-state index in [1.807, 2.05) is 30.3 Å². The van der Waals surface area contributed by atoms with Gasteiger partial charge in [0.1, 0.15) is 12.4 Å². The van der Waals surface area contributed by atoms with Gasteiger partial charge in [-0.3, -0.25) is 0 Å². The summed E-state index contributed by atoms with van der Waals surface area (Å²) in [6.07, 6.45) is 2.48. The number of rotatable bonds is 5. The lowest BCUT2D eigenvalue weighted by Gasteiger charge is -2.11. The van der Waals surface area contributed by atoms with Crippen LogP contribution in [0.1, 0.15) is 11.1 Å². The van der Waals surface area contributed by atoms with Gasteiger partial charge in [0, 0.05) is 0 Å². The summed E-state index contributed by atoms with van der Waals surface area (Å²) in [7, 11) is 0. The highest BCUT2D eigenvalue weighted by atomic mass is 79.9. The highest BCUT2D eigenvalue weighted by Gasteiger charge is 2.05. The molecule has 0 unspecified atom stereocenters. The first kappa shape index (κ1) is 16.3. The van der Waals surface area contributed by atoms with Crippen molar-refractivity contribution in [2.75, 3.05) is 0 Å². The maximum Gasteiger partial charge on any atom is 0.134 e. The van der Waals surface area contributed by atoms with Gasteiger partial charge in [-0.25, -0.2) is 0 Å². The van der Waals surface area contributed by atoms with E-state index in [-0.39, 0.29) is 0 Å². The van der Waals surface area contributed by atoms with Gasteiger partial charge in [-0.15, -0.1) is 0 Å². The number of carbonyl (C=O) groups is 1. The van der Waals surface area contributed by atoms with E-state index < -0.39 is 5.97 Å². The smallest absolute Gasteiger partial charge is 0.134 e. The highest BCUT2D eigenvalue weighted by Crippen LogP contribution is 2.28. The molecule has 120 valence electrons. The Morgan fingerprint density at radius 3 is 2.67 bits per heavy atom. The molecule has 0 aliphatic heterocycles. The molecule has 0 radical (unpaired) electrons. The molecule has 0 N–H and O–H groups in total. The lowest BCUT2D eigenvalue weighted by atomic mass is 10.1. The second-order valence-electron chi connectivity index (χ2n) is 5.27. The number of hydrogen-bond acceptors (Lipinski definition) is 3. The Morgan fingerprint density at radius 1 is 1.08 bits per heavy atom. The average Bonchev–Trinajstić information content (AvgIpc) is 2.59. The summed E-state index contributed by atoms with van der Waals surface area (Å²) in [6, 6.07) is 19.7. The van der Waals surface area contributed by atoms with Crippen molar-refractivity contribution >= 4 is 38.7 Å². The number of benzene rings is 3. The summed E-state index contributed by atoms with van der Waals surface area (Å²) in [5.41, 5.74) is 1.87. The molecule has 0 amide bonds. The molecule has 0 bridgehead atoms. The van der Waals surface area contributed by atoms with E-state index >= 15 is 0 Å².